The summed E-state index contributed by atoms with van der Waals surface area (Å²) in [7, 11) is 3.05. The van der Waals surface area contributed by atoms with Crippen molar-refractivity contribution in [3.63, 3.8) is 0 Å². The molecule has 0 saturated heterocycles. The summed E-state index contributed by atoms with van der Waals surface area (Å²) in [5, 5.41) is 1.36. The maximum Gasteiger partial charge on any atom is -0.00969 e. The average Bonchev–Trinajstić information content (AvgIpc) is 2.55. The Labute approximate surface area is 144 Å². The van der Waals surface area contributed by atoms with Gasteiger partial charge < -0.3 is 0 Å². The van der Waals surface area contributed by atoms with Gasteiger partial charge in [-0.05, 0) is 51.2 Å². The van der Waals surface area contributed by atoms with Gasteiger partial charge in [-0.15, -0.1) is 9.24 Å². The van der Waals surface area contributed by atoms with E-state index in [2.05, 4.69) is 93.2 Å². The summed E-state index contributed by atoms with van der Waals surface area (Å²) in [5.41, 5.74) is 6.01. The first kappa shape index (κ1) is 18.2. The van der Waals surface area contributed by atoms with Crippen LogP contribution in [0.25, 0.3) is 11.1 Å². The van der Waals surface area contributed by atoms with E-state index < -0.39 is 0 Å². The molecule has 0 saturated carbocycles. The normalized spacial score (nSPS) is 12.5. The Kier molecular flexibility index (Phi) is 5.37. The van der Waals surface area contributed by atoms with E-state index in [0.717, 1.165) is 12.8 Å². The molecule has 124 valence electrons. The molecule has 0 fully saturated rings. The summed E-state index contributed by atoms with van der Waals surface area (Å²) < 4.78 is 0. The highest BCUT2D eigenvalue weighted by Crippen LogP contribution is 2.39. The van der Waals surface area contributed by atoms with Gasteiger partial charge in [-0.3, -0.25) is 0 Å². The molecule has 23 heavy (non-hydrogen) atoms. The van der Waals surface area contributed by atoms with Crippen molar-refractivity contribution < 1.29 is 0 Å². The second-order valence-corrected chi connectivity index (χ2v) is 8.37. The van der Waals surface area contributed by atoms with Crippen LogP contribution in [0.2, 0.25) is 0 Å². The van der Waals surface area contributed by atoms with Gasteiger partial charge in [-0.1, -0.05) is 84.0 Å². The van der Waals surface area contributed by atoms with E-state index >= 15 is 0 Å². The minimum absolute atomic E-state index is 0.170. The lowest BCUT2D eigenvalue weighted by atomic mass is 9.70. The molecule has 0 radical (unpaired) electrons. The third-order valence-corrected chi connectivity index (χ3v) is 6.10. The van der Waals surface area contributed by atoms with Crippen molar-refractivity contribution in [2.45, 2.75) is 65.2 Å². The van der Waals surface area contributed by atoms with Crippen molar-refractivity contribution in [2.24, 2.45) is 0 Å². The topological polar surface area (TPSA) is 0 Å². The number of hydrogen-bond donors (Lipinski definition) is 0. The molecule has 0 aromatic heterocycles. The van der Waals surface area contributed by atoms with Crippen LogP contribution in [0.3, 0.4) is 0 Å². The van der Waals surface area contributed by atoms with Crippen LogP contribution in [0.4, 0.5) is 0 Å². The van der Waals surface area contributed by atoms with Crippen LogP contribution in [0.15, 0.2) is 42.5 Å². The van der Waals surface area contributed by atoms with E-state index in [1.165, 1.54) is 27.6 Å². The highest BCUT2D eigenvalue weighted by molar-refractivity contribution is 7.28. The maximum absolute atomic E-state index is 3.05. The predicted octanol–water partition coefficient (Wildman–Crippen LogP) is 6.23. The molecule has 2 rings (SSSR count). The van der Waals surface area contributed by atoms with Crippen LogP contribution in [0.1, 0.15) is 65.5 Å². The molecule has 1 atom stereocenters. The van der Waals surface area contributed by atoms with Crippen LogP contribution in [-0.4, -0.2) is 0 Å². The van der Waals surface area contributed by atoms with Crippen LogP contribution in [-0.2, 0) is 10.8 Å². The molecule has 2 aromatic rings. The quantitative estimate of drug-likeness (QED) is 0.571. The second-order valence-electron chi connectivity index (χ2n) is 7.79. The van der Waals surface area contributed by atoms with Gasteiger partial charge in [0.15, 0.2) is 0 Å². The van der Waals surface area contributed by atoms with Crippen molar-refractivity contribution in [3.8, 4) is 11.1 Å². The van der Waals surface area contributed by atoms with E-state index in [1.807, 2.05) is 0 Å². The molecule has 0 aliphatic heterocycles. The molecule has 0 heterocycles. The number of rotatable bonds is 5. The first-order valence-corrected chi connectivity index (χ1v) is 9.31. The molecule has 2 aromatic carbocycles. The Balaban J connectivity index is 2.77. The van der Waals surface area contributed by atoms with Crippen molar-refractivity contribution in [2.75, 3.05) is 0 Å². The molecule has 1 unspecified atom stereocenters. The van der Waals surface area contributed by atoms with Crippen LogP contribution >= 0.6 is 9.24 Å². The first-order valence-electron chi connectivity index (χ1n) is 8.73. The zero-order valence-corrected chi connectivity index (χ0v) is 16.7. The molecular weight excluding hydrogens is 295 g/mol. The summed E-state index contributed by atoms with van der Waals surface area (Å²) in [6, 6.07) is 15.4. The van der Waals surface area contributed by atoms with Gasteiger partial charge in [0, 0.05) is 0 Å². The molecule has 0 amide bonds. The molecule has 0 aliphatic carbocycles. The zero-order valence-electron chi connectivity index (χ0n) is 15.5. The lowest BCUT2D eigenvalue weighted by molar-refractivity contribution is 0.458. The van der Waals surface area contributed by atoms with Crippen molar-refractivity contribution in [3.05, 3.63) is 53.6 Å². The van der Waals surface area contributed by atoms with Gasteiger partial charge in [0.1, 0.15) is 0 Å². The third kappa shape index (κ3) is 3.53. The third-order valence-electron chi connectivity index (χ3n) is 5.50. The van der Waals surface area contributed by atoms with Crippen LogP contribution in [0.5, 0.6) is 0 Å². The summed E-state index contributed by atoms with van der Waals surface area (Å²) in [4.78, 5) is 0. The fraction of sp³-hybridized carbons (Fsp3) is 0.455. The van der Waals surface area contributed by atoms with E-state index in [0.29, 0.717) is 0 Å². The van der Waals surface area contributed by atoms with Crippen molar-refractivity contribution in [1.82, 2.24) is 0 Å². The second kappa shape index (κ2) is 6.78. The highest BCUT2D eigenvalue weighted by Gasteiger charge is 2.31. The van der Waals surface area contributed by atoms with Gasteiger partial charge in [0.2, 0.25) is 0 Å². The Morgan fingerprint density at radius 1 is 0.783 bits per heavy atom. The molecule has 0 spiro atoms. The van der Waals surface area contributed by atoms with Crippen LogP contribution < -0.4 is 5.30 Å². The smallest absolute Gasteiger partial charge is 0.00969 e. The average molecular weight is 326 g/mol. The zero-order chi connectivity index (χ0) is 17.3. The van der Waals surface area contributed by atoms with Gasteiger partial charge in [0.05, 0.1) is 0 Å². The molecule has 0 nitrogen and oxygen atoms in total. The highest BCUT2D eigenvalue weighted by atomic mass is 31.0. The molecule has 0 bridgehead atoms. The fourth-order valence-electron chi connectivity index (χ4n) is 3.15. The van der Waals surface area contributed by atoms with Crippen molar-refractivity contribution in [1.29, 1.82) is 0 Å². The monoisotopic (exact) mass is 326 g/mol. The molecule has 0 N–H and O–H groups in total. The Bertz CT molecular complexity index is 666. The fourth-order valence-corrected chi connectivity index (χ4v) is 3.96. The Morgan fingerprint density at radius 2 is 1.35 bits per heavy atom. The number of benzene rings is 2. The summed E-state index contributed by atoms with van der Waals surface area (Å²) >= 11 is 0. The van der Waals surface area contributed by atoms with Crippen molar-refractivity contribution >= 4 is 14.5 Å². The Hall–Kier alpha value is -1.13. The first-order chi connectivity index (χ1) is 10.7. The minimum atomic E-state index is 0.170. The van der Waals surface area contributed by atoms with E-state index in [-0.39, 0.29) is 10.8 Å². The Morgan fingerprint density at radius 3 is 1.87 bits per heavy atom. The lowest BCUT2D eigenvalue weighted by Gasteiger charge is -2.36. The van der Waals surface area contributed by atoms with E-state index in [9.17, 15) is 0 Å². The SMILES string of the molecule is CCC(C)(C)c1ccc(-c2ccccc2)c(P)c1C(C)(C)CC. The molecule has 0 aliphatic rings. The molecule has 1 heteroatoms. The predicted molar refractivity (Wildman–Crippen MR) is 108 cm³/mol. The van der Waals surface area contributed by atoms with Crippen LogP contribution in [0, 0.1) is 0 Å². The number of hydrogen-bond acceptors (Lipinski definition) is 0. The van der Waals surface area contributed by atoms with Gasteiger partial charge in [-0.2, -0.15) is 0 Å². The maximum atomic E-state index is 3.05. The lowest BCUT2D eigenvalue weighted by Crippen LogP contribution is -2.30. The largest absolute Gasteiger partial charge is 0.105 e. The van der Waals surface area contributed by atoms with Gasteiger partial charge in [0.25, 0.3) is 0 Å². The summed E-state index contributed by atoms with van der Waals surface area (Å²) in [5.74, 6) is 0. The summed E-state index contributed by atoms with van der Waals surface area (Å²) in [6.45, 7) is 14.1. The molecular formula is C22H31P. The van der Waals surface area contributed by atoms with E-state index in [1.54, 1.807) is 0 Å². The van der Waals surface area contributed by atoms with E-state index in [4.69, 9.17) is 0 Å². The summed E-state index contributed by atoms with van der Waals surface area (Å²) in [6.07, 6.45) is 2.29. The van der Waals surface area contributed by atoms with Gasteiger partial charge >= 0.3 is 0 Å². The standard InChI is InChI=1S/C22H31P/c1-7-21(3,4)18-15-14-17(16-12-10-9-11-13-16)20(23)19(18)22(5,6)8-2/h9-15H,7-8,23H2,1-6H3. The van der Waals surface area contributed by atoms with Gasteiger partial charge in [-0.25, -0.2) is 0 Å². The minimum Gasteiger partial charge on any atom is -0.105 e.